The molecule has 0 unspecified atom stereocenters. The van der Waals surface area contributed by atoms with Gasteiger partial charge < -0.3 is 9.47 Å². The summed E-state index contributed by atoms with van der Waals surface area (Å²) in [7, 11) is 0. The number of rotatable bonds is 5. The van der Waals surface area contributed by atoms with Gasteiger partial charge in [0.2, 0.25) is 5.78 Å². The van der Waals surface area contributed by atoms with Gasteiger partial charge in [0, 0.05) is 10.6 Å². The van der Waals surface area contributed by atoms with E-state index >= 15 is 0 Å². The number of hydrogen-bond donors (Lipinski definition) is 0. The Morgan fingerprint density at radius 2 is 1.73 bits per heavy atom. The summed E-state index contributed by atoms with van der Waals surface area (Å²) in [5.74, 6) is -0.748. The van der Waals surface area contributed by atoms with E-state index in [0.29, 0.717) is 21.9 Å². The van der Waals surface area contributed by atoms with Crippen LogP contribution >= 0.6 is 11.6 Å². The molecule has 2 aromatic rings. The van der Waals surface area contributed by atoms with Crippen molar-refractivity contribution in [2.24, 2.45) is 0 Å². The van der Waals surface area contributed by atoms with E-state index in [9.17, 15) is 9.59 Å². The molecule has 0 radical (unpaired) electrons. The molecule has 4 nitrogen and oxygen atoms in total. The molecule has 0 bridgehead atoms. The highest BCUT2D eigenvalue weighted by Gasteiger charge is 2.44. The van der Waals surface area contributed by atoms with E-state index in [1.54, 1.807) is 38.1 Å². The molecule has 0 N–H and O–H groups in total. The molecule has 0 aromatic heterocycles. The third kappa shape index (κ3) is 3.51. The first kappa shape index (κ1) is 18.2. The van der Waals surface area contributed by atoms with Crippen molar-refractivity contribution in [3.8, 4) is 0 Å². The molecular formula is C21H19ClO4. The molecule has 2 aromatic carbocycles. The first-order valence-corrected chi connectivity index (χ1v) is 8.80. The van der Waals surface area contributed by atoms with Gasteiger partial charge in [-0.15, -0.1) is 0 Å². The van der Waals surface area contributed by atoms with Crippen LogP contribution in [0.15, 0.2) is 65.9 Å². The highest BCUT2D eigenvalue weighted by molar-refractivity contribution is 6.30. The quantitative estimate of drug-likeness (QED) is 0.572. The number of ether oxygens (including phenoxy) is 2. The number of ketones is 1. The van der Waals surface area contributed by atoms with Gasteiger partial charge in [-0.2, -0.15) is 0 Å². The van der Waals surface area contributed by atoms with Gasteiger partial charge >= 0.3 is 5.97 Å². The second-order valence-corrected chi connectivity index (χ2v) is 6.42. The van der Waals surface area contributed by atoms with E-state index in [4.69, 9.17) is 21.1 Å². The standard InChI is InChI=1S/C21H19ClO4/c1-3-25-21(24)17-13(2)26-20(18(17)14-7-5-4-6-8-14)19(23)15-9-11-16(22)12-10-15/h4-12,18,20H,3H2,1-2H3/t18-,20-/m1/s1. The summed E-state index contributed by atoms with van der Waals surface area (Å²) in [4.78, 5) is 25.6. The van der Waals surface area contributed by atoms with Crippen molar-refractivity contribution in [2.45, 2.75) is 25.9 Å². The number of benzene rings is 2. The molecule has 5 heteroatoms. The minimum Gasteiger partial charge on any atom is -0.485 e. The lowest BCUT2D eigenvalue weighted by atomic mass is 9.84. The Morgan fingerprint density at radius 3 is 2.35 bits per heavy atom. The van der Waals surface area contributed by atoms with E-state index in [1.165, 1.54) is 0 Å². The summed E-state index contributed by atoms with van der Waals surface area (Å²) in [5.41, 5.74) is 1.71. The van der Waals surface area contributed by atoms with Crippen LogP contribution in [0.3, 0.4) is 0 Å². The lowest BCUT2D eigenvalue weighted by Crippen LogP contribution is -2.29. The SMILES string of the molecule is CCOC(=O)C1=C(C)O[C@@H](C(=O)c2ccc(Cl)cc2)[C@@H]1c1ccccc1. The summed E-state index contributed by atoms with van der Waals surface area (Å²) in [5, 5.41) is 0.551. The zero-order chi connectivity index (χ0) is 18.7. The highest BCUT2D eigenvalue weighted by atomic mass is 35.5. The van der Waals surface area contributed by atoms with Crippen LogP contribution in [-0.4, -0.2) is 24.5 Å². The molecule has 3 rings (SSSR count). The predicted octanol–water partition coefficient (Wildman–Crippen LogP) is 4.54. The molecule has 0 spiro atoms. The number of halogens is 1. The van der Waals surface area contributed by atoms with Crippen molar-refractivity contribution in [1.29, 1.82) is 0 Å². The van der Waals surface area contributed by atoms with Crippen LogP contribution in [0.5, 0.6) is 0 Å². The van der Waals surface area contributed by atoms with E-state index in [2.05, 4.69) is 0 Å². The fourth-order valence-corrected chi connectivity index (χ4v) is 3.28. The van der Waals surface area contributed by atoms with Crippen LogP contribution in [0.4, 0.5) is 0 Å². The van der Waals surface area contributed by atoms with Crippen LogP contribution in [0.25, 0.3) is 0 Å². The maximum atomic E-state index is 13.1. The molecule has 2 atom stereocenters. The molecule has 0 aliphatic carbocycles. The maximum absolute atomic E-state index is 13.1. The predicted molar refractivity (Wildman–Crippen MR) is 99.2 cm³/mol. The molecule has 1 heterocycles. The van der Waals surface area contributed by atoms with Crippen LogP contribution < -0.4 is 0 Å². The largest absolute Gasteiger partial charge is 0.485 e. The van der Waals surface area contributed by atoms with Crippen LogP contribution in [0.1, 0.15) is 35.7 Å². The summed E-state index contributed by atoms with van der Waals surface area (Å²) in [6.07, 6.45) is -0.821. The summed E-state index contributed by atoms with van der Waals surface area (Å²) in [6.45, 7) is 3.70. The molecule has 1 aliphatic heterocycles. The molecule has 0 amide bonds. The number of allylic oxidation sites excluding steroid dienone is 1. The molecule has 0 saturated heterocycles. The number of Topliss-reactive ketones (excluding diaryl/α,β-unsaturated/α-hetero) is 1. The van der Waals surface area contributed by atoms with Gasteiger partial charge in [0.15, 0.2) is 6.10 Å². The maximum Gasteiger partial charge on any atom is 0.338 e. The van der Waals surface area contributed by atoms with Gasteiger partial charge in [-0.25, -0.2) is 4.79 Å². The normalized spacial score (nSPS) is 19.2. The van der Waals surface area contributed by atoms with Crippen LogP contribution in [-0.2, 0) is 14.3 Å². The second kappa shape index (κ2) is 7.75. The molecular weight excluding hydrogens is 352 g/mol. The fraction of sp³-hybridized carbons (Fsp3) is 0.238. The summed E-state index contributed by atoms with van der Waals surface area (Å²) in [6, 6.07) is 16.0. The third-order valence-electron chi connectivity index (χ3n) is 4.34. The smallest absolute Gasteiger partial charge is 0.338 e. The Labute approximate surface area is 157 Å². The van der Waals surface area contributed by atoms with Crippen molar-refractivity contribution in [1.82, 2.24) is 0 Å². The van der Waals surface area contributed by atoms with E-state index in [1.807, 2.05) is 30.3 Å². The molecule has 26 heavy (non-hydrogen) atoms. The summed E-state index contributed by atoms with van der Waals surface area (Å²) < 4.78 is 11.0. The minimum absolute atomic E-state index is 0.200. The lowest BCUT2D eigenvalue weighted by molar-refractivity contribution is -0.138. The van der Waals surface area contributed by atoms with Gasteiger partial charge in [0.25, 0.3) is 0 Å². The summed E-state index contributed by atoms with van der Waals surface area (Å²) >= 11 is 5.91. The third-order valence-corrected chi connectivity index (χ3v) is 4.59. The van der Waals surface area contributed by atoms with Crippen molar-refractivity contribution in [3.05, 3.63) is 82.1 Å². The first-order chi connectivity index (χ1) is 12.5. The zero-order valence-electron chi connectivity index (χ0n) is 14.6. The van der Waals surface area contributed by atoms with E-state index < -0.39 is 18.0 Å². The number of esters is 1. The second-order valence-electron chi connectivity index (χ2n) is 5.99. The van der Waals surface area contributed by atoms with Crippen molar-refractivity contribution in [3.63, 3.8) is 0 Å². The Kier molecular flexibility index (Phi) is 5.43. The lowest BCUT2D eigenvalue weighted by Gasteiger charge is -2.20. The monoisotopic (exact) mass is 370 g/mol. The Bertz CT molecular complexity index is 840. The Morgan fingerprint density at radius 1 is 1.08 bits per heavy atom. The fourth-order valence-electron chi connectivity index (χ4n) is 3.16. The number of carbonyl (C=O) groups excluding carboxylic acids is 2. The Balaban J connectivity index is 2.01. The van der Waals surface area contributed by atoms with Gasteiger partial charge in [0.1, 0.15) is 5.76 Å². The highest BCUT2D eigenvalue weighted by Crippen LogP contribution is 2.41. The Hall–Kier alpha value is -2.59. The average Bonchev–Trinajstić information content (AvgIpc) is 3.00. The van der Waals surface area contributed by atoms with Gasteiger partial charge in [-0.05, 0) is 43.7 Å². The molecule has 134 valence electrons. The number of hydrogen-bond acceptors (Lipinski definition) is 4. The zero-order valence-corrected chi connectivity index (χ0v) is 15.3. The van der Waals surface area contributed by atoms with Gasteiger partial charge in [0.05, 0.1) is 18.1 Å². The van der Waals surface area contributed by atoms with Crippen molar-refractivity contribution in [2.75, 3.05) is 6.61 Å². The van der Waals surface area contributed by atoms with Crippen LogP contribution in [0, 0.1) is 0 Å². The van der Waals surface area contributed by atoms with E-state index in [0.717, 1.165) is 5.56 Å². The van der Waals surface area contributed by atoms with Gasteiger partial charge in [-0.1, -0.05) is 41.9 Å². The molecule has 0 fully saturated rings. The van der Waals surface area contributed by atoms with Crippen LogP contribution in [0.2, 0.25) is 5.02 Å². The van der Waals surface area contributed by atoms with Crippen molar-refractivity contribution < 1.29 is 19.1 Å². The molecule has 1 aliphatic rings. The van der Waals surface area contributed by atoms with Crippen molar-refractivity contribution >= 4 is 23.4 Å². The minimum atomic E-state index is -0.821. The average molecular weight is 371 g/mol. The first-order valence-electron chi connectivity index (χ1n) is 8.42. The molecule has 0 saturated carbocycles. The topological polar surface area (TPSA) is 52.6 Å². The number of carbonyl (C=O) groups is 2. The van der Waals surface area contributed by atoms with Gasteiger partial charge in [-0.3, -0.25) is 4.79 Å². The van der Waals surface area contributed by atoms with E-state index in [-0.39, 0.29) is 12.4 Å².